The quantitative estimate of drug-likeness (QED) is 0.428. The molecule has 2 aliphatic rings. The van der Waals surface area contributed by atoms with Gasteiger partial charge < -0.3 is 4.90 Å². The fourth-order valence-corrected chi connectivity index (χ4v) is 4.47. The molecule has 1 unspecified atom stereocenters. The Labute approximate surface area is 185 Å². The Hall–Kier alpha value is -3.48. The summed E-state index contributed by atoms with van der Waals surface area (Å²) < 4.78 is 29.3. The molecular formula is C23H20N2O6S. The van der Waals surface area contributed by atoms with Crippen molar-refractivity contribution in [1.82, 2.24) is 10.2 Å². The molecule has 2 heterocycles. The average Bonchev–Trinajstić information content (AvgIpc) is 3.07. The zero-order chi connectivity index (χ0) is 22.9. The number of nitrogens with one attached hydrogen (secondary N) is 1. The summed E-state index contributed by atoms with van der Waals surface area (Å²) in [5, 5.41) is 2.27. The Balaban J connectivity index is 1.42. The molecule has 2 aromatic carbocycles. The normalized spacial score (nSPS) is 18.1. The van der Waals surface area contributed by atoms with Gasteiger partial charge in [0.05, 0.1) is 4.90 Å². The van der Waals surface area contributed by atoms with Crippen LogP contribution in [0.5, 0.6) is 0 Å². The van der Waals surface area contributed by atoms with Gasteiger partial charge in [-0.15, -0.1) is 0 Å². The first-order valence-corrected chi connectivity index (χ1v) is 11.4. The van der Waals surface area contributed by atoms with Crippen molar-refractivity contribution in [2.24, 2.45) is 0 Å². The van der Waals surface area contributed by atoms with Gasteiger partial charge in [-0.25, -0.2) is 0 Å². The van der Waals surface area contributed by atoms with Crippen LogP contribution in [0, 0.1) is 18.8 Å². The minimum atomic E-state index is -3.90. The maximum absolute atomic E-state index is 12.8. The molecular weight excluding hydrogens is 432 g/mol. The number of carbonyl (C=O) groups excluding carboxylic acids is 3. The highest BCUT2D eigenvalue weighted by Gasteiger charge is 2.39. The number of hydrogen-bond acceptors (Lipinski definition) is 6. The summed E-state index contributed by atoms with van der Waals surface area (Å²) >= 11 is 0. The van der Waals surface area contributed by atoms with Gasteiger partial charge in [0.25, 0.3) is 16.0 Å². The number of hydrogen-bond donors (Lipinski definition) is 1. The lowest BCUT2D eigenvalue weighted by molar-refractivity contribution is -0.136. The number of amides is 3. The second-order valence-electron chi connectivity index (χ2n) is 7.60. The first-order chi connectivity index (χ1) is 15.2. The van der Waals surface area contributed by atoms with Gasteiger partial charge >= 0.3 is 0 Å². The minimum absolute atomic E-state index is 0.0570. The fourth-order valence-electron chi connectivity index (χ4n) is 3.65. The Morgan fingerprint density at radius 3 is 2.59 bits per heavy atom. The molecule has 4 rings (SSSR count). The summed E-state index contributed by atoms with van der Waals surface area (Å²) in [6.07, 6.45) is 0.489. The number of benzene rings is 2. The van der Waals surface area contributed by atoms with Gasteiger partial charge in [0.1, 0.15) is 12.6 Å². The molecule has 0 saturated carbocycles. The van der Waals surface area contributed by atoms with Crippen LogP contribution in [0.1, 0.15) is 39.9 Å². The van der Waals surface area contributed by atoms with E-state index < -0.39 is 22.1 Å². The van der Waals surface area contributed by atoms with E-state index in [1.807, 2.05) is 6.92 Å². The monoisotopic (exact) mass is 452 g/mol. The summed E-state index contributed by atoms with van der Waals surface area (Å²) in [4.78, 5) is 37.8. The molecule has 3 amide bonds. The van der Waals surface area contributed by atoms with Crippen molar-refractivity contribution in [2.45, 2.75) is 37.2 Å². The molecule has 1 atom stereocenters. The van der Waals surface area contributed by atoms with Crippen LogP contribution in [-0.4, -0.2) is 43.7 Å². The van der Waals surface area contributed by atoms with Crippen LogP contribution in [0.25, 0.3) is 0 Å². The Bertz CT molecular complexity index is 1270. The average molecular weight is 452 g/mol. The minimum Gasteiger partial charge on any atom is -0.322 e. The van der Waals surface area contributed by atoms with Crippen LogP contribution in [-0.2, 0) is 30.4 Å². The van der Waals surface area contributed by atoms with Crippen molar-refractivity contribution in [3.05, 3.63) is 64.7 Å². The van der Waals surface area contributed by atoms with E-state index in [1.165, 1.54) is 17.0 Å². The molecule has 9 heteroatoms. The van der Waals surface area contributed by atoms with Crippen molar-refractivity contribution in [3.63, 3.8) is 0 Å². The second-order valence-corrected chi connectivity index (χ2v) is 9.22. The Morgan fingerprint density at radius 1 is 1.12 bits per heavy atom. The van der Waals surface area contributed by atoms with Crippen LogP contribution in [0.4, 0.5) is 0 Å². The predicted molar refractivity (Wildman–Crippen MR) is 114 cm³/mol. The Kier molecular flexibility index (Phi) is 5.82. The zero-order valence-corrected chi connectivity index (χ0v) is 18.1. The second kappa shape index (κ2) is 8.57. The maximum Gasteiger partial charge on any atom is 0.297 e. The summed E-state index contributed by atoms with van der Waals surface area (Å²) in [6.45, 7) is 1.81. The van der Waals surface area contributed by atoms with E-state index in [0.717, 1.165) is 11.1 Å². The molecule has 0 aliphatic carbocycles. The van der Waals surface area contributed by atoms with E-state index in [1.54, 1.807) is 30.3 Å². The van der Waals surface area contributed by atoms with Crippen molar-refractivity contribution >= 4 is 27.8 Å². The van der Waals surface area contributed by atoms with Crippen LogP contribution in [0.2, 0.25) is 0 Å². The van der Waals surface area contributed by atoms with Gasteiger partial charge in [-0.3, -0.25) is 23.9 Å². The first-order valence-electron chi connectivity index (χ1n) is 9.97. The summed E-state index contributed by atoms with van der Waals surface area (Å²) in [7, 11) is -3.90. The van der Waals surface area contributed by atoms with Crippen LogP contribution in [0.15, 0.2) is 47.4 Å². The molecule has 1 saturated heterocycles. The van der Waals surface area contributed by atoms with Crippen LogP contribution >= 0.6 is 0 Å². The number of fused-ring (bicyclic) bond motifs is 1. The zero-order valence-electron chi connectivity index (χ0n) is 17.3. The highest BCUT2D eigenvalue weighted by Crippen LogP contribution is 2.28. The van der Waals surface area contributed by atoms with E-state index in [9.17, 15) is 22.8 Å². The summed E-state index contributed by atoms with van der Waals surface area (Å²) in [5.41, 5.74) is 2.67. The maximum atomic E-state index is 12.8. The van der Waals surface area contributed by atoms with Gasteiger partial charge in [-0.2, -0.15) is 8.42 Å². The number of piperidine rings is 1. The molecule has 8 nitrogen and oxygen atoms in total. The molecule has 1 fully saturated rings. The van der Waals surface area contributed by atoms with Crippen molar-refractivity contribution in [2.75, 3.05) is 6.61 Å². The number of nitrogens with zero attached hydrogens (tertiary/aromatic N) is 1. The smallest absolute Gasteiger partial charge is 0.297 e. The lowest BCUT2D eigenvalue weighted by atomic mass is 10.0. The third-order valence-corrected chi connectivity index (χ3v) is 6.63. The highest BCUT2D eigenvalue weighted by molar-refractivity contribution is 7.86. The number of imide groups is 1. The van der Waals surface area contributed by atoms with Gasteiger partial charge in [0, 0.05) is 24.1 Å². The number of rotatable bonds is 4. The number of aryl methyl sites for hydroxylation is 1. The fraction of sp³-hybridized carbons (Fsp3) is 0.261. The summed E-state index contributed by atoms with van der Waals surface area (Å²) in [5.74, 6) is 4.36. The molecule has 164 valence electrons. The van der Waals surface area contributed by atoms with Crippen LogP contribution < -0.4 is 5.32 Å². The Morgan fingerprint density at radius 2 is 1.88 bits per heavy atom. The topological polar surface area (TPSA) is 110 Å². The van der Waals surface area contributed by atoms with E-state index in [2.05, 4.69) is 17.2 Å². The first kappa shape index (κ1) is 21.7. The van der Waals surface area contributed by atoms with Gasteiger partial charge in [-0.1, -0.05) is 35.6 Å². The third-order valence-electron chi connectivity index (χ3n) is 5.36. The van der Waals surface area contributed by atoms with Crippen molar-refractivity contribution in [3.8, 4) is 11.8 Å². The lowest BCUT2D eigenvalue weighted by Gasteiger charge is -2.29. The molecule has 0 spiro atoms. The van der Waals surface area contributed by atoms with Gasteiger partial charge in [-0.05, 0) is 43.2 Å². The SMILES string of the molecule is Cc1ccc(S(=O)(=O)OCC#Cc2ccc3c(c2)C(=O)N(C2CCC(=O)NC2=O)C3)cc1. The van der Waals surface area contributed by atoms with Crippen molar-refractivity contribution < 1.29 is 27.0 Å². The highest BCUT2D eigenvalue weighted by atomic mass is 32.2. The van der Waals surface area contributed by atoms with Crippen molar-refractivity contribution in [1.29, 1.82) is 0 Å². The van der Waals surface area contributed by atoms with E-state index in [-0.39, 0.29) is 36.3 Å². The molecule has 0 radical (unpaired) electrons. The largest absolute Gasteiger partial charge is 0.322 e. The molecule has 32 heavy (non-hydrogen) atoms. The number of carbonyl (C=O) groups is 3. The lowest BCUT2D eigenvalue weighted by Crippen LogP contribution is -2.52. The molecule has 1 N–H and O–H groups in total. The molecule has 0 aromatic heterocycles. The van der Waals surface area contributed by atoms with E-state index in [4.69, 9.17) is 4.18 Å². The third kappa shape index (κ3) is 4.42. The van der Waals surface area contributed by atoms with Gasteiger partial charge in [0.2, 0.25) is 11.8 Å². The summed E-state index contributed by atoms with van der Waals surface area (Å²) in [6, 6.07) is 10.7. The molecule has 2 aliphatic heterocycles. The standard InChI is InChI=1S/C23H20N2O6S/c1-15-4-8-18(9-5-15)32(29,30)31-12-2-3-16-6-7-17-14-25(23(28)19(17)13-16)20-10-11-21(26)24-22(20)27/h4-9,13,20H,10-12,14H2,1H3,(H,24,26,27). The van der Waals surface area contributed by atoms with Gasteiger partial charge in [0.15, 0.2) is 0 Å². The van der Waals surface area contributed by atoms with Crippen LogP contribution in [0.3, 0.4) is 0 Å². The van der Waals surface area contributed by atoms with E-state index in [0.29, 0.717) is 17.5 Å². The predicted octanol–water partition coefficient (Wildman–Crippen LogP) is 1.51. The molecule has 2 aromatic rings. The van der Waals surface area contributed by atoms with E-state index >= 15 is 0 Å². The molecule has 0 bridgehead atoms.